The number of esters is 1. The second-order valence-corrected chi connectivity index (χ2v) is 10.9. The Morgan fingerprint density at radius 1 is 1.16 bits per heavy atom. The van der Waals surface area contributed by atoms with Crippen molar-refractivity contribution in [3.8, 4) is 0 Å². The third-order valence-electron chi connectivity index (χ3n) is 9.27. The maximum atomic E-state index is 12.0. The van der Waals surface area contributed by atoms with Gasteiger partial charge in [-0.15, -0.1) is 0 Å². The number of carbonyl (C=O) groups is 1. The summed E-state index contributed by atoms with van der Waals surface area (Å²) in [5.41, 5.74) is 10.6. The van der Waals surface area contributed by atoms with E-state index in [0.717, 1.165) is 37.5 Å². The van der Waals surface area contributed by atoms with E-state index in [-0.39, 0.29) is 22.9 Å². The molecule has 4 aliphatic rings. The average Bonchev–Trinajstić information content (AvgIpc) is 3.11. The minimum atomic E-state index is -0.544. The summed E-state index contributed by atoms with van der Waals surface area (Å²) in [5, 5.41) is 0. The molecule has 2 N–H and O–H groups in total. The largest absolute Gasteiger partial charge is 0.461 e. The number of nitrogens with zero attached hydrogens (tertiary/aromatic N) is 1. The molecular weight excluding hydrogens is 384 g/mol. The van der Waals surface area contributed by atoms with E-state index in [2.05, 4.69) is 43.1 Å². The van der Waals surface area contributed by atoms with Crippen LogP contribution in [0, 0.1) is 28.6 Å². The van der Waals surface area contributed by atoms with E-state index >= 15 is 0 Å². The molecule has 0 bridgehead atoms. The quantitative estimate of drug-likeness (QED) is 0.532. The molecule has 1 heterocycles. The minimum absolute atomic E-state index is 0.00596. The molecule has 5 rings (SSSR count). The number of ether oxygens (including phenoxy) is 1. The van der Waals surface area contributed by atoms with Gasteiger partial charge in [0.2, 0.25) is 0 Å². The summed E-state index contributed by atoms with van der Waals surface area (Å²) in [4.78, 5) is 16.4. The molecule has 2 saturated carbocycles. The van der Waals surface area contributed by atoms with E-state index in [1.807, 2.05) is 12.4 Å². The maximum Gasteiger partial charge on any atom is 0.322 e. The summed E-state index contributed by atoms with van der Waals surface area (Å²) in [6, 6.07) is 3.74. The van der Waals surface area contributed by atoms with Crippen LogP contribution in [0.15, 0.2) is 42.3 Å². The molecule has 1 aromatic heterocycles. The van der Waals surface area contributed by atoms with Crippen LogP contribution in [-0.4, -0.2) is 23.1 Å². The molecule has 166 valence electrons. The number of pyridine rings is 1. The van der Waals surface area contributed by atoms with Gasteiger partial charge in [0, 0.05) is 18.8 Å². The highest BCUT2D eigenvalue weighted by atomic mass is 16.5. The molecule has 0 radical (unpaired) electrons. The van der Waals surface area contributed by atoms with Crippen LogP contribution in [0.4, 0.5) is 0 Å². The second-order valence-electron chi connectivity index (χ2n) is 10.9. The molecule has 0 amide bonds. The van der Waals surface area contributed by atoms with Crippen molar-refractivity contribution in [1.82, 2.24) is 4.98 Å². The van der Waals surface area contributed by atoms with Gasteiger partial charge in [-0.3, -0.25) is 9.78 Å². The summed E-state index contributed by atoms with van der Waals surface area (Å²) < 4.78 is 5.71. The highest BCUT2D eigenvalue weighted by molar-refractivity contribution is 5.75. The Bertz CT molecular complexity index is 920. The Hall–Kier alpha value is -1.94. The average molecular weight is 421 g/mol. The Labute approximate surface area is 186 Å². The summed E-state index contributed by atoms with van der Waals surface area (Å²) in [5.74, 6) is 1.92. The van der Waals surface area contributed by atoms with Gasteiger partial charge in [0.25, 0.3) is 0 Å². The molecule has 1 aromatic rings. The van der Waals surface area contributed by atoms with Gasteiger partial charge >= 0.3 is 5.97 Å². The smallest absolute Gasteiger partial charge is 0.322 e. The molecule has 4 aliphatic carbocycles. The number of nitrogens with two attached hydrogens (primary N) is 1. The van der Waals surface area contributed by atoms with E-state index in [0.29, 0.717) is 5.92 Å². The summed E-state index contributed by atoms with van der Waals surface area (Å²) in [7, 11) is 0. The molecule has 4 nitrogen and oxygen atoms in total. The van der Waals surface area contributed by atoms with E-state index in [9.17, 15) is 4.79 Å². The van der Waals surface area contributed by atoms with Gasteiger partial charge in [0.1, 0.15) is 12.1 Å². The first-order valence-electron chi connectivity index (χ1n) is 12.1. The van der Waals surface area contributed by atoms with Crippen LogP contribution in [0.25, 0.3) is 5.57 Å². The number of carbonyl (C=O) groups excluding carboxylic acids is 1. The number of hydrogen-bond acceptors (Lipinski definition) is 4. The number of hydrogen-bond donors (Lipinski definition) is 1. The fraction of sp³-hybridized carbons (Fsp3) is 0.630. The van der Waals surface area contributed by atoms with Crippen LogP contribution >= 0.6 is 0 Å². The fourth-order valence-electron chi connectivity index (χ4n) is 7.54. The van der Waals surface area contributed by atoms with Gasteiger partial charge in [0.15, 0.2) is 0 Å². The first-order chi connectivity index (χ1) is 14.8. The Morgan fingerprint density at radius 3 is 2.71 bits per heavy atom. The number of aromatic nitrogens is 1. The predicted molar refractivity (Wildman–Crippen MR) is 123 cm³/mol. The van der Waals surface area contributed by atoms with Crippen molar-refractivity contribution in [3.63, 3.8) is 0 Å². The van der Waals surface area contributed by atoms with Crippen LogP contribution in [0.1, 0.15) is 71.3 Å². The molecule has 0 aromatic carbocycles. The molecule has 0 aliphatic heterocycles. The molecular formula is C27H36N2O2. The SMILES string of the molecule is C[C@H](N)C(=O)O[C@H]1CC[C@@]2(C)C(=CC[C@@H]3C2CC[C@]2(C)C(c4cccnc4)=CC[C@@H]32)C1. The lowest BCUT2D eigenvalue weighted by atomic mass is 9.47. The van der Waals surface area contributed by atoms with Gasteiger partial charge in [-0.05, 0) is 91.2 Å². The van der Waals surface area contributed by atoms with Gasteiger partial charge in [-0.2, -0.15) is 0 Å². The summed E-state index contributed by atoms with van der Waals surface area (Å²) in [6.45, 7) is 6.70. The highest BCUT2D eigenvalue weighted by Gasteiger charge is 2.57. The van der Waals surface area contributed by atoms with Crippen LogP contribution in [0.5, 0.6) is 0 Å². The zero-order chi connectivity index (χ0) is 21.8. The second kappa shape index (κ2) is 7.58. The number of rotatable bonds is 3. The minimum Gasteiger partial charge on any atom is -0.461 e. The van der Waals surface area contributed by atoms with Gasteiger partial charge < -0.3 is 10.5 Å². The predicted octanol–water partition coefficient (Wildman–Crippen LogP) is 5.30. The lowest BCUT2D eigenvalue weighted by Crippen LogP contribution is -2.50. The van der Waals surface area contributed by atoms with E-state index in [4.69, 9.17) is 10.5 Å². The van der Waals surface area contributed by atoms with Crippen LogP contribution in [0.3, 0.4) is 0 Å². The van der Waals surface area contributed by atoms with E-state index in [1.165, 1.54) is 36.0 Å². The van der Waals surface area contributed by atoms with Crippen molar-refractivity contribution in [2.24, 2.45) is 34.3 Å². The monoisotopic (exact) mass is 420 g/mol. The molecule has 7 atom stereocenters. The van der Waals surface area contributed by atoms with Crippen molar-refractivity contribution in [2.45, 2.75) is 77.9 Å². The van der Waals surface area contributed by atoms with Crippen LogP contribution in [0.2, 0.25) is 0 Å². The van der Waals surface area contributed by atoms with Crippen molar-refractivity contribution in [2.75, 3.05) is 0 Å². The van der Waals surface area contributed by atoms with Crippen molar-refractivity contribution in [1.29, 1.82) is 0 Å². The molecule has 0 saturated heterocycles. The van der Waals surface area contributed by atoms with Gasteiger partial charge in [0.05, 0.1) is 0 Å². The Kier molecular flexibility index (Phi) is 5.12. The normalized spacial score (nSPS) is 40.0. The van der Waals surface area contributed by atoms with Crippen molar-refractivity contribution < 1.29 is 9.53 Å². The van der Waals surface area contributed by atoms with Crippen LogP contribution < -0.4 is 5.73 Å². The topological polar surface area (TPSA) is 65.2 Å². The Morgan fingerprint density at radius 2 is 1.97 bits per heavy atom. The molecule has 0 spiro atoms. The number of fused-ring (bicyclic) bond motifs is 5. The van der Waals surface area contributed by atoms with Crippen molar-refractivity contribution >= 4 is 11.5 Å². The third kappa shape index (κ3) is 3.29. The summed E-state index contributed by atoms with van der Waals surface area (Å²) >= 11 is 0. The lowest BCUT2D eigenvalue weighted by Gasteiger charge is -2.57. The van der Waals surface area contributed by atoms with E-state index in [1.54, 1.807) is 6.92 Å². The zero-order valence-electron chi connectivity index (χ0n) is 19.1. The maximum absolute atomic E-state index is 12.0. The van der Waals surface area contributed by atoms with Gasteiger partial charge in [-0.25, -0.2) is 0 Å². The molecule has 4 heteroatoms. The molecule has 2 fully saturated rings. The first kappa shape index (κ1) is 20.9. The molecule has 1 unspecified atom stereocenters. The van der Waals surface area contributed by atoms with E-state index < -0.39 is 6.04 Å². The fourth-order valence-corrected chi connectivity index (χ4v) is 7.54. The number of allylic oxidation sites excluding steroid dienone is 3. The van der Waals surface area contributed by atoms with Gasteiger partial charge in [-0.1, -0.05) is 37.6 Å². The van der Waals surface area contributed by atoms with Crippen LogP contribution in [-0.2, 0) is 9.53 Å². The Balaban J connectivity index is 1.37. The standard InChI is InChI=1S/C27H36N2O2/c1-17(28)25(30)31-20-10-12-26(2)19(15-20)6-7-21-23-9-8-22(18-5-4-14-29-16-18)27(23,3)13-11-24(21)26/h4-6,8,14,16-17,20-21,23-24H,7,9-13,15,28H2,1-3H3/t17-,20-,21-,23-,24?,26-,27+/m0/s1. The lowest BCUT2D eigenvalue weighted by molar-refractivity contribution is -0.152. The first-order valence-corrected chi connectivity index (χ1v) is 12.1. The third-order valence-corrected chi connectivity index (χ3v) is 9.27. The summed E-state index contributed by atoms with van der Waals surface area (Å²) in [6.07, 6.45) is 16.8. The highest BCUT2D eigenvalue weighted by Crippen LogP contribution is 2.66. The molecule has 31 heavy (non-hydrogen) atoms. The van der Waals surface area contributed by atoms with Crippen molar-refractivity contribution in [3.05, 3.63) is 47.8 Å². The zero-order valence-corrected chi connectivity index (χ0v) is 19.1.